The van der Waals surface area contributed by atoms with E-state index in [1.165, 1.54) is 12.1 Å². The second-order valence-corrected chi connectivity index (χ2v) is 5.63. The van der Waals surface area contributed by atoms with Gasteiger partial charge in [-0.2, -0.15) is 13.2 Å². The van der Waals surface area contributed by atoms with Crippen molar-refractivity contribution in [1.82, 2.24) is 4.90 Å². The second kappa shape index (κ2) is 6.14. The normalized spacial score (nSPS) is 24.1. The lowest BCUT2D eigenvalue weighted by Gasteiger charge is -2.36. The van der Waals surface area contributed by atoms with Gasteiger partial charge in [0.15, 0.2) is 0 Å². The largest absolute Gasteiger partial charge is 0.416 e. The molecule has 1 aliphatic rings. The summed E-state index contributed by atoms with van der Waals surface area (Å²) in [6.07, 6.45) is 0.0322. The van der Waals surface area contributed by atoms with Crippen molar-refractivity contribution >= 4 is 0 Å². The van der Waals surface area contributed by atoms with Crippen LogP contribution in [0.3, 0.4) is 0 Å². The molecule has 0 spiro atoms. The van der Waals surface area contributed by atoms with Crippen molar-refractivity contribution in [3.63, 3.8) is 0 Å². The molecule has 2 rings (SSSR count). The molecule has 0 bridgehead atoms. The van der Waals surface area contributed by atoms with Gasteiger partial charge in [-0.15, -0.1) is 0 Å². The van der Waals surface area contributed by atoms with Gasteiger partial charge in [0.1, 0.15) is 0 Å². The van der Waals surface area contributed by atoms with E-state index in [-0.39, 0.29) is 12.1 Å². The van der Waals surface area contributed by atoms with E-state index in [4.69, 9.17) is 5.73 Å². The van der Waals surface area contributed by atoms with Crippen LogP contribution in [0.2, 0.25) is 0 Å². The zero-order chi connectivity index (χ0) is 14.8. The smallest absolute Gasteiger partial charge is 0.326 e. The summed E-state index contributed by atoms with van der Waals surface area (Å²) in [6, 6.07) is 5.92. The van der Waals surface area contributed by atoms with E-state index >= 15 is 0 Å². The van der Waals surface area contributed by atoms with Gasteiger partial charge >= 0.3 is 6.18 Å². The summed E-state index contributed by atoms with van der Waals surface area (Å²) in [7, 11) is 1.94. The van der Waals surface area contributed by atoms with Crippen LogP contribution in [0.5, 0.6) is 0 Å². The van der Waals surface area contributed by atoms with Crippen LogP contribution in [0.4, 0.5) is 13.2 Å². The summed E-state index contributed by atoms with van der Waals surface area (Å²) in [4.78, 5) is 2.08. The molecular weight excluding hydrogens is 265 g/mol. The van der Waals surface area contributed by atoms with Crippen LogP contribution in [0.15, 0.2) is 24.3 Å². The van der Waals surface area contributed by atoms with Crippen LogP contribution >= 0.6 is 0 Å². The average molecular weight is 286 g/mol. The predicted octanol–water partition coefficient (Wildman–Crippen LogP) is 3.41. The van der Waals surface area contributed by atoms with Gasteiger partial charge in [0.25, 0.3) is 0 Å². The maximum atomic E-state index is 12.7. The van der Waals surface area contributed by atoms with E-state index in [2.05, 4.69) is 4.90 Å². The molecule has 0 heterocycles. The molecule has 2 N–H and O–H groups in total. The molecule has 0 saturated heterocycles. The lowest BCUT2D eigenvalue weighted by atomic mass is 9.90. The Morgan fingerprint density at radius 2 is 1.95 bits per heavy atom. The minimum absolute atomic E-state index is 0.125. The highest BCUT2D eigenvalue weighted by Gasteiger charge is 2.31. The van der Waals surface area contributed by atoms with Crippen molar-refractivity contribution in [2.45, 2.75) is 50.5 Å². The van der Waals surface area contributed by atoms with Crippen LogP contribution in [0, 0.1) is 0 Å². The van der Waals surface area contributed by atoms with E-state index < -0.39 is 11.7 Å². The molecular formula is C15H21F3N2. The lowest BCUT2D eigenvalue weighted by molar-refractivity contribution is -0.137. The molecule has 2 nitrogen and oxygen atoms in total. The molecule has 112 valence electrons. The predicted molar refractivity (Wildman–Crippen MR) is 73.1 cm³/mol. The number of alkyl halides is 3. The SMILES string of the molecule is CN(Cc1cccc(C(F)(F)F)c1)C1CCCCC1N. The first-order chi connectivity index (χ1) is 9.38. The Morgan fingerprint density at radius 1 is 1.25 bits per heavy atom. The van der Waals surface area contributed by atoms with Crippen LogP contribution in [-0.4, -0.2) is 24.0 Å². The number of nitrogens with two attached hydrogens (primary N) is 1. The summed E-state index contributed by atoms with van der Waals surface area (Å²) >= 11 is 0. The fourth-order valence-corrected chi connectivity index (χ4v) is 2.94. The van der Waals surface area contributed by atoms with E-state index in [9.17, 15) is 13.2 Å². The van der Waals surface area contributed by atoms with Gasteiger partial charge in [0.2, 0.25) is 0 Å². The standard InChI is InChI=1S/C15H21F3N2/c1-20(14-8-3-2-7-13(14)19)10-11-5-4-6-12(9-11)15(16,17)18/h4-6,9,13-14H,2-3,7-8,10,19H2,1H3. The third kappa shape index (κ3) is 3.73. The number of hydrogen-bond acceptors (Lipinski definition) is 2. The van der Waals surface area contributed by atoms with Crippen LogP contribution in [0.1, 0.15) is 36.8 Å². The monoisotopic (exact) mass is 286 g/mol. The van der Waals surface area contributed by atoms with Crippen molar-refractivity contribution in [2.75, 3.05) is 7.05 Å². The summed E-state index contributed by atoms with van der Waals surface area (Å²) in [5.41, 5.74) is 6.20. The second-order valence-electron chi connectivity index (χ2n) is 5.63. The van der Waals surface area contributed by atoms with Gasteiger partial charge in [-0.05, 0) is 31.5 Å². The van der Waals surface area contributed by atoms with Gasteiger partial charge < -0.3 is 5.73 Å². The summed E-state index contributed by atoms with van der Waals surface area (Å²) in [5, 5.41) is 0. The molecule has 1 fully saturated rings. The summed E-state index contributed by atoms with van der Waals surface area (Å²) in [5.74, 6) is 0. The van der Waals surface area contributed by atoms with Gasteiger partial charge in [-0.1, -0.05) is 31.0 Å². The first kappa shape index (κ1) is 15.3. The third-order valence-corrected chi connectivity index (χ3v) is 4.03. The van der Waals surface area contributed by atoms with Gasteiger partial charge in [0.05, 0.1) is 5.56 Å². The molecule has 2 unspecified atom stereocenters. The number of benzene rings is 1. The Morgan fingerprint density at radius 3 is 2.60 bits per heavy atom. The molecule has 1 saturated carbocycles. The first-order valence-electron chi connectivity index (χ1n) is 7.00. The minimum atomic E-state index is -4.28. The third-order valence-electron chi connectivity index (χ3n) is 4.03. The molecule has 2 atom stereocenters. The maximum absolute atomic E-state index is 12.7. The maximum Gasteiger partial charge on any atom is 0.416 e. The van der Waals surface area contributed by atoms with Crippen molar-refractivity contribution in [2.24, 2.45) is 5.73 Å². The minimum Gasteiger partial charge on any atom is -0.326 e. The van der Waals surface area contributed by atoms with E-state index in [0.29, 0.717) is 12.1 Å². The highest BCUT2D eigenvalue weighted by Crippen LogP contribution is 2.30. The molecule has 0 aliphatic heterocycles. The van der Waals surface area contributed by atoms with Crippen molar-refractivity contribution < 1.29 is 13.2 Å². The number of rotatable bonds is 3. The molecule has 1 aromatic rings. The summed E-state index contributed by atoms with van der Waals surface area (Å²) < 4.78 is 38.1. The first-order valence-corrected chi connectivity index (χ1v) is 7.00. The van der Waals surface area contributed by atoms with E-state index in [1.807, 2.05) is 7.05 Å². The van der Waals surface area contributed by atoms with Gasteiger partial charge in [-0.25, -0.2) is 0 Å². The van der Waals surface area contributed by atoms with Crippen LogP contribution < -0.4 is 5.73 Å². The lowest BCUT2D eigenvalue weighted by Crippen LogP contribution is -2.47. The zero-order valence-corrected chi connectivity index (χ0v) is 11.7. The summed E-state index contributed by atoms with van der Waals surface area (Å²) in [6.45, 7) is 0.502. The topological polar surface area (TPSA) is 29.3 Å². The number of hydrogen-bond donors (Lipinski definition) is 1. The Labute approximate surface area is 117 Å². The molecule has 1 aromatic carbocycles. The number of halogens is 3. The van der Waals surface area contributed by atoms with Crippen molar-refractivity contribution in [3.05, 3.63) is 35.4 Å². The fraction of sp³-hybridized carbons (Fsp3) is 0.600. The molecule has 1 aliphatic carbocycles. The zero-order valence-electron chi connectivity index (χ0n) is 11.7. The Hall–Kier alpha value is -1.07. The Balaban J connectivity index is 2.05. The van der Waals surface area contributed by atoms with Crippen molar-refractivity contribution in [3.8, 4) is 0 Å². The Bertz CT molecular complexity index is 445. The van der Waals surface area contributed by atoms with Crippen LogP contribution in [-0.2, 0) is 12.7 Å². The molecule has 5 heteroatoms. The van der Waals surface area contributed by atoms with Gasteiger partial charge in [0, 0.05) is 18.6 Å². The molecule has 0 aromatic heterocycles. The highest BCUT2D eigenvalue weighted by molar-refractivity contribution is 5.25. The number of nitrogens with zero attached hydrogens (tertiary/aromatic N) is 1. The number of likely N-dealkylation sites (N-methyl/N-ethyl adjacent to an activating group) is 1. The molecule has 20 heavy (non-hydrogen) atoms. The average Bonchev–Trinajstić information content (AvgIpc) is 2.38. The van der Waals surface area contributed by atoms with Gasteiger partial charge in [-0.3, -0.25) is 4.90 Å². The van der Waals surface area contributed by atoms with Crippen molar-refractivity contribution in [1.29, 1.82) is 0 Å². The quantitative estimate of drug-likeness (QED) is 0.922. The highest BCUT2D eigenvalue weighted by atomic mass is 19.4. The molecule has 0 amide bonds. The molecule has 0 radical (unpaired) electrons. The Kier molecular flexibility index (Phi) is 4.70. The van der Waals surface area contributed by atoms with E-state index in [0.717, 1.165) is 31.7 Å². The van der Waals surface area contributed by atoms with E-state index in [1.54, 1.807) is 6.07 Å². The fourth-order valence-electron chi connectivity index (χ4n) is 2.94. The van der Waals surface area contributed by atoms with Crippen LogP contribution in [0.25, 0.3) is 0 Å².